The molecule has 2 heterocycles. The van der Waals surface area contributed by atoms with E-state index in [-0.39, 0.29) is 23.7 Å². The van der Waals surface area contributed by atoms with E-state index >= 15 is 0 Å². The summed E-state index contributed by atoms with van der Waals surface area (Å²) in [7, 11) is -2.96. The molecule has 0 aromatic heterocycles. The topological polar surface area (TPSA) is 67.8 Å². The van der Waals surface area contributed by atoms with Gasteiger partial charge in [-0.2, -0.15) is 0 Å². The summed E-state index contributed by atoms with van der Waals surface area (Å²) in [4.78, 5) is 4.25. The third-order valence-electron chi connectivity index (χ3n) is 2.84. The van der Waals surface area contributed by atoms with Crippen LogP contribution in [0, 0.1) is 0 Å². The van der Waals surface area contributed by atoms with Gasteiger partial charge in [-0.05, 0) is 12.1 Å². The lowest BCUT2D eigenvalue weighted by atomic mass is 10.2. The molecule has 2 atom stereocenters. The van der Waals surface area contributed by atoms with E-state index in [1.807, 2.05) is 30.3 Å². The number of benzene rings is 1. The fraction of sp³-hybridized carbons (Fsp3) is 0.364. The van der Waals surface area contributed by atoms with E-state index in [9.17, 15) is 8.42 Å². The molecule has 6 heteroatoms. The van der Waals surface area contributed by atoms with Crippen molar-refractivity contribution >= 4 is 21.5 Å². The number of ether oxygens (including phenoxy) is 1. The summed E-state index contributed by atoms with van der Waals surface area (Å²) < 4.78 is 28.2. The Morgan fingerprint density at radius 2 is 2.00 bits per heavy atom. The van der Waals surface area contributed by atoms with Crippen molar-refractivity contribution in [3.63, 3.8) is 0 Å². The van der Waals surface area contributed by atoms with Gasteiger partial charge < -0.3 is 10.1 Å². The molecule has 3 rings (SSSR count). The van der Waals surface area contributed by atoms with Gasteiger partial charge in [0.15, 0.2) is 9.84 Å². The van der Waals surface area contributed by atoms with Gasteiger partial charge in [0.05, 0.1) is 11.5 Å². The van der Waals surface area contributed by atoms with Gasteiger partial charge in [-0.15, -0.1) is 0 Å². The Labute approximate surface area is 99.4 Å². The van der Waals surface area contributed by atoms with Crippen molar-refractivity contribution in [2.45, 2.75) is 12.1 Å². The van der Waals surface area contributed by atoms with Crippen molar-refractivity contribution in [1.29, 1.82) is 0 Å². The van der Waals surface area contributed by atoms with Crippen LogP contribution in [0.5, 0.6) is 0 Å². The maximum atomic E-state index is 11.3. The average Bonchev–Trinajstić information content (AvgIpc) is 2.72. The number of hydrogen-bond acceptors (Lipinski definition) is 5. The molecule has 17 heavy (non-hydrogen) atoms. The molecular weight excluding hydrogens is 240 g/mol. The number of rotatable bonds is 1. The van der Waals surface area contributed by atoms with Crippen LogP contribution in [0.25, 0.3) is 0 Å². The number of aliphatic imine (C=N–C) groups is 1. The number of hydrogen-bond donors (Lipinski definition) is 1. The molecule has 0 saturated carbocycles. The Hall–Kier alpha value is -1.56. The highest BCUT2D eigenvalue weighted by molar-refractivity contribution is 7.91. The molecular formula is C11H12N2O3S. The molecule has 2 aliphatic rings. The Bertz CT molecular complexity index is 553. The highest BCUT2D eigenvalue weighted by atomic mass is 32.2. The molecule has 0 radical (unpaired) electrons. The minimum atomic E-state index is -2.96. The van der Waals surface area contributed by atoms with Crippen molar-refractivity contribution in [1.82, 2.24) is 0 Å². The van der Waals surface area contributed by atoms with Crippen LogP contribution in [0.1, 0.15) is 0 Å². The van der Waals surface area contributed by atoms with Crippen LogP contribution < -0.4 is 5.32 Å². The quantitative estimate of drug-likeness (QED) is 0.797. The first-order valence-electron chi connectivity index (χ1n) is 5.39. The van der Waals surface area contributed by atoms with Crippen LogP contribution in [0.3, 0.4) is 0 Å². The normalized spacial score (nSPS) is 29.3. The zero-order chi connectivity index (χ0) is 11.9. The molecule has 0 aliphatic carbocycles. The Kier molecular flexibility index (Phi) is 2.32. The number of sulfone groups is 1. The Morgan fingerprint density at radius 1 is 1.24 bits per heavy atom. The van der Waals surface area contributed by atoms with Gasteiger partial charge in [0.25, 0.3) is 6.02 Å². The molecule has 0 bridgehead atoms. The third-order valence-corrected chi connectivity index (χ3v) is 4.53. The number of nitrogens with zero attached hydrogens (tertiary/aromatic N) is 1. The van der Waals surface area contributed by atoms with Crippen LogP contribution in [0.4, 0.5) is 5.69 Å². The largest absolute Gasteiger partial charge is 0.458 e. The first-order chi connectivity index (χ1) is 8.12. The number of fused-ring (bicyclic) bond motifs is 1. The minimum Gasteiger partial charge on any atom is -0.458 e. The molecule has 0 unspecified atom stereocenters. The molecule has 1 saturated heterocycles. The summed E-state index contributed by atoms with van der Waals surface area (Å²) in [5.41, 5.74) is 0.883. The van der Waals surface area contributed by atoms with E-state index in [1.54, 1.807) is 0 Å². The second-order valence-corrected chi connectivity index (χ2v) is 6.38. The van der Waals surface area contributed by atoms with E-state index in [4.69, 9.17) is 4.74 Å². The maximum Gasteiger partial charge on any atom is 0.290 e. The molecule has 0 spiro atoms. The molecule has 0 amide bonds. The minimum absolute atomic E-state index is 0.0706. The summed E-state index contributed by atoms with van der Waals surface area (Å²) in [6.45, 7) is 0. The first-order valence-corrected chi connectivity index (χ1v) is 7.21. The molecule has 1 aromatic carbocycles. The lowest BCUT2D eigenvalue weighted by molar-refractivity contribution is 0.230. The number of amidine groups is 1. The predicted octanol–water partition coefficient (Wildman–Crippen LogP) is 0.650. The number of nitrogens with one attached hydrogen (secondary N) is 1. The standard InChI is InChI=1S/C11H12N2O3S/c14-17(15)6-9-10(7-17)16-11(13-9)12-8-4-2-1-3-5-8/h1-5,9-10H,6-7H2,(H,12,13)/t9-,10-/m1/s1. The zero-order valence-corrected chi connectivity index (χ0v) is 9.85. The number of para-hydroxylation sites is 1. The van der Waals surface area contributed by atoms with E-state index in [1.165, 1.54) is 0 Å². The van der Waals surface area contributed by atoms with Crippen molar-refractivity contribution in [2.75, 3.05) is 16.8 Å². The predicted molar refractivity (Wildman–Crippen MR) is 64.8 cm³/mol. The lowest BCUT2D eigenvalue weighted by Crippen LogP contribution is -2.22. The van der Waals surface area contributed by atoms with Crippen LogP contribution in [-0.4, -0.2) is 38.1 Å². The molecule has 1 fully saturated rings. The van der Waals surface area contributed by atoms with Crippen molar-refractivity contribution < 1.29 is 13.2 Å². The fourth-order valence-electron chi connectivity index (χ4n) is 2.06. The average molecular weight is 252 g/mol. The molecule has 1 N–H and O–H groups in total. The van der Waals surface area contributed by atoms with E-state index < -0.39 is 9.84 Å². The Balaban J connectivity index is 1.73. The van der Waals surface area contributed by atoms with Gasteiger partial charge in [0.1, 0.15) is 12.1 Å². The molecule has 2 aliphatic heterocycles. The molecule has 90 valence electrons. The van der Waals surface area contributed by atoms with Crippen LogP contribution in [-0.2, 0) is 14.6 Å². The summed E-state index contributed by atoms with van der Waals surface area (Å²) in [6.07, 6.45) is -0.314. The van der Waals surface area contributed by atoms with Crippen LogP contribution in [0.15, 0.2) is 35.3 Å². The maximum absolute atomic E-state index is 11.3. The number of anilines is 1. The zero-order valence-electron chi connectivity index (χ0n) is 9.04. The SMILES string of the molecule is O=S1(=O)C[C@H]2N=C(Nc3ccccc3)O[C@@H]2C1. The smallest absolute Gasteiger partial charge is 0.290 e. The second-order valence-electron chi connectivity index (χ2n) is 4.23. The summed E-state index contributed by atoms with van der Waals surface area (Å²) >= 11 is 0. The summed E-state index contributed by atoms with van der Waals surface area (Å²) in [5, 5.41) is 3.03. The van der Waals surface area contributed by atoms with Gasteiger partial charge in [-0.3, -0.25) is 0 Å². The third kappa shape index (κ3) is 2.12. The fourth-order valence-corrected chi connectivity index (χ4v) is 3.80. The second kappa shape index (κ2) is 3.73. The highest BCUT2D eigenvalue weighted by Gasteiger charge is 2.43. The highest BCUT2D eigenvalue weighted by Crippen LogP contribution is 2.24. The van der Waals surface area contributed by atoms with Gasteiger partial charge in [0, 0.05) is 5.69 Å². The monoisotopic (exact) mass is 252 g/mol. The first kappa shape index (κ1) is 10.6. The van der Waals surface area contributed by atoms with Gasteiger partial charge in [-0.1, -0.05) is 18.2 Å². The summed E-state index contributed by atoms with van der Waals surface area (Å²) in [5.74, 6) is 0.165. The van der Waals surface area contributed by atoms with Crippen LogP contribution in [0.2, 0.25) is 0 Å². The molecule has 5 nitrogen and oxygen atoms in total. The van der Waals surface area contributed by atoms with Crippen LogP contribution >= 0.6 is 0 Å². The van der Waals surface area contributed by atoms with Gasteiger partial charge in [-0.25, -0.2) is 13.4 Å². The summed E-state index contributed by atoms with van der Waals surface area (Å²) in [6, 6.07) is 9.70. The lowest BCUT2D eigenvalue weighted by Gasteiger charge is -2.08. The van der Waals surface area contributed by atoms with Gasteiger partial charge in [0.2, 0.25) is 0 Å². The van der Waals surface area contributed by atoms with E-state index in [0.29, 0.717) is 6.02 Å². The van der Waals surface area contributed by atoms with Crippen molar-refractivity contribution in [3.05, 3.63) is 30.3 Å². The Morgan fingerprint density at radius 3 is 2.71 bits per heavy atom. The van der Waals surface area contributed by atoms with Crippen molar-refractivity contribution in [2.24, 2.45) is 4.99 Å². The van der Waals surface area contributed by atoms with E-state index in [2.05, 4.69) is 10.3 Å². The van der Waals surface area contributed by atoms with E-state index in [0.717, 1.165) is 5.69 Å². The molecule has 1 aromatic rings. The van der Waals surface area contributed by atoms with Gasteiger partial charge >= 0.3 is 0 Å². The van der Waals surface area contributed by atoms with Crippen molar-refractivity contribution in [3.8, 4) is 0 Å².